The number of nitrogens with one attached hydrogen (secondary N) is 2. The van der Waals surface area contributed by atoms with E-state index in [4.69, 9.17) is 4.74 Å². The molecule has 0 aliphatic carbocycles. The smallest absolute Gasteiger partial charge is 0.302 e. The molecule has 0 saturated heterocycles. The quantitative estimate of drug-likeness (QED) is 0.589. The molecule has 0 unspecified atom stereocenters. The highest BCUT2D eigenvalue weighted by Gasteiger charge is 2.10. The fraction of sp³-hybridized carbons (Fsp3) is 0.462. The Hall–Kier alpha value is -2.71. The average Bonchev–Trinajstić information content (AvgIpc) is 2.81. The number of fused-ring (bicyclic) bond motifs is 1. The van der Waals surface area contributed by atoms with E-state index >= 15 is 0 Å². The third-order valence-corrected chi connectivity index (χ3v) is 2.87. The third kappa shape index (κ3) is 3.90. The van der Waals surface area contributed by atoms with Crippen LogP contribution in [0.3, 0.4) is 0 Å². The van der Waals surface area contributed by atoms with Crippen molar-refractivity contribution < 1.29 is 14.3 Å². The van der Waals surface area contributed by atoms with Crippen LogP contribution in [0.5, 0.6) is 0 Å². The Balaban J connectivity index is 2.10. The summed E-state index contributed by atoms with van der Waals surface area (Å²) in [5.41, 5.74) is 0.210. The van der Waals surface area contributed by atoms with Gasteiger partial charge >= 0.3 is 5.97 Å². The van der Waals surface area contributed by atoms with Gasteiger partial charge < -0.3 is 9.30 Å². The van der Waals surface area contributed by atoms with E-state index in [9.17, 15) is 14.4 Å². The Labute approximate surface area is 125 Å². The molecule has 9 heteroatoms. The molecule has 0 aliphatic heterocycles. The third-order valence-electron chi connectivity index (χ3n) is 2.87. The van der Waals surface area contributed by atoms with Crippen LogP contribution in [0, 0.1) is 0 Å². The number of hydrogen-bond donors (Lipinski definition) is 2. The van der Waals surface area contributed by atoms with E-state index in [1.807, 2.05) is 0 Å². The fourth-order valence-electron chi connectivity index (χ4n) is 1.94. The lowest BCUT2D eigenvalue weighted by atomic mass is 10.3. The van der Waals surface area contributed by atoms with E-state index in [1.165, 1.54) is 20.2 Å². The summed E-state index contributed by atoms with van der Waals surface area (Å²) in [6.45, 7) is 3.63. The maximum atomic E-state index is 11.9. The van der Waals surface area contributed by atoms with E-state index in [0.717, 1.165) is 6.42 Å². The first-order chi connectivity index (χ1) is 10.5. The van der Waals surface area contributed by atoms with Crippen molar-refractivity contribution in [3.63, 3.8) is 0 Å². The second-order valence-corrected chi connectivity index (χ2v) is 4.75. The number of carbonyl (C=O) groups is 2. The number of unbranched alkanes of at least 4 members (excludes halogenated alkanes) is 1. The zero-order chi connectivity index (χ0) is 16.1. The van der Waals surface area contributed by atoms with Crippen LogP contribution < -0.4 is 10.9 Å². The van der Waals surface area contributed by atoms with E-state index in [0.29, 0.717) is 25.2 Å². The van der Waals surface area contributed by atoms with Crippen molar-refractivity contribution in [2.24, 2.45) is 0 Å². The van der Waals surface area contributed by atoms with Crippen LogP contribution in [-0.4, -0.2) is 38.0 Å². The molecule has 0 radical (unpaired) electrons. The number of ether oxygens (including phenoxy) is 1. The van der Waals surface area contributed by atoms with E-state index in [1.54, 1.807) is 4.57 Å². The molecule has 2 N–H and O–H groups in total. The lowest BCUT2D eigenvalue weighted by Crippen LogP contribution is -2.16. The molecule has 2 aromatic rings. The summed E-state index contributed by atoms with van der Waals surface area (Å²) >= 11 is 0. The SMILES string of the molecule is CC(=O)Nc1nc2c(ncn2CCCCOC(C)=O)c(=O)[nH]1. The number of H-pyrrole nitrogens is 1. The number of amides is 1. The number of imidazole rings is 1. The molecule has 0 atom stereocenters. The summed E-state index contributed by atoms with van der Waals surface area (Å²) in [4.78, 5) is 44.2. The molecule has 0 bridgehead atoms. The predicted octanol–water partition coefficient (Wildman–Crippen LogP) is 0.421. The monoisotopic (exact) mass is 307 g/mol. The van der Waals surface area contributed by atoms with Crippen LogP contribution >= 0.6 is 0 Å². The summed E-state index contributed by atoms with van der Waals surface area (Å²) in [5, 5.41) is 2.44. The molecule has 2 aromatic heterocycles. The van der Waals surface area contributed by atoms with Crippen molar-refractivity contribution in [2.75, 3.05) is 11.9 Å². The molecule has 118 valence electrons. The summed E-state index contributed by atoms with van der Waals surface area (Å²) in [7, 11) is 0. The summed E-state index contributed by atoms with van der Waals surface area (Å²) in [5.74, 6) is -0.539. The Morgan fingerprint density at radius 2 is 2.14 bits per heavy atom. The number of rotatable bonds is 6. The van der Waals surface area contributed by atoms with Gasteiger partial charge in [0.25, 0.3) is 5.56 Å². The van der Waals surface area contributed by atoms with Gasteiger partial charge in [0, 0.05) is 20.4 Å². The van der Waals surface area contributed by atoms with Gasteiger partial charge in [0.05, 0.1) is 12.9 Å². The highest BCUT2D eigenvalue weighted by Crippen LogP contribution is 2.09. The fourth-order valence-corrected chi connectivity index (χ4v) is 1.94. The Kier molecular flexibility index (Phi) is 4.87. The van der Waals surface area contributed by atoms with Gasteiger partial charge in [0.1, 0.15) is 0 Å². The minimum absolute atomic E-state index is 0.0895. The Morgan fingerprint density at radius 3 is 2.82 bits per heavy atom. The first kappa shape index (κ1) is 15.7. The van der Waals surface area contributed by atoms with Crippen LogP contribution in [0.1, 0.15) is 26.7 Å². The standard InChI is InChI=1S/C13H17N5O4/c1-8(19)15-13-16-11-10(12(21)17-13)14-7-18(11)5-3-4-6-22-9(2)20/h7H,3-6H2,1-2H3,(H2,15,16,17,19,21). The molecule has 2 heterocycles. The summed E-state index contributed by atoms with van der Waals surface area (Å²) < 4.78 is 6.57. The Morgan fingerprint density at radius 1 is 1.36 bits per heavy atom. The molecular formula is C13H17N5O4. The van der Waals surface area contributed by atoms with Crippen LogP contribution in [0.2, 0.25) is 0 Å². The predicted molar refractivity (Wildman–Crippen MR) is 78.3 cm³/mol. The lowest BCUT2D eigenvalue weighted by Gasteiger charge is -2.05. The van der Waals surface area contributed by atoms with Gasteiger partial charge in [0.15, 0.2) is 11.2 Å². The second-order valence-electron chi connectivity index (χ2n) is 4.75. The van der Waals surface area contributed by atoms with Crippen molar-refractivity contribution in [1.29, 1.82) is 0 Å². The van der Waals surface area contributed by atoms with Crippen LogP contribution in [-0.2, 0) is 20.9 Å². The van der Waals surface area contributed by atoms with E-state index in [-0.39, 0.29) is 23.3 Å². The van der Waals surface area contributed by atoms with Crippen molar-refractivity contribution in [2.45, 2.75) is 33.2 Å². The van der Waals surface area contributed by atoms with Gasteiger partial charge in [-0.05, 0) is 12.8 Å². The number of carbonyl (C=O) groups excluding carboxylic acids is 2. The normalized spacial score (nSPS) is 10.6. The largest absolute Gasteiger partial charge is 0.466 e. The van der Waals surface area contributed by atoms with Gasteiger partial charge in [-0.15, -0.1) is 0 Å². The molecule has 0 fully saturated rings. The minimum Gasteiger partial charge on any atom is -0.466 e. The molecule has 0 aromatic carbocycles. The van der Waals surface area contributed by atoms with E-state index < -0.39 is 5.56 Å². The molecule has 0 saturated carbocycles. The number of aromatic amines is 1. The van der Waals surface area contributed by atoms with Crippen molar-refractivity contribution in [3.05, 3.63) is 16.7 Å². The topological polar surface area (TPSA) is 119 Å². The number of hydrogen-bond acceptors (Lipinski definition) is 6. The number of aromatic nitrogens is 4. The molecule has 22 heavy (non-hydrogen) atoms. The first-order valence-corrected chi connectivity index (χ1v) is 6.83. The minimum atomic E-state index is -0.410. The van der Waals surface area contributed by atoms with Crippen LogP contribution in [0.25, 0.3) is 11.2 Å². The average molecular weight is 307 g/mol. The van der Waals surface area contributed by atoms with Gasteiger partial charge in [-0.1, -0.05) is 0 Å². The molecular weight excluding hydrogens is 290 g/mol. The maximum Gasteiger partial charge on any atom is 0.302 e. The lowest BCUT2D eigenvalue weighted by molar-refractivity contribution is -0.141. The summed E-state index contributed by atoms with van der Waals surface area (Å²) in [6.07, 6.45) is 2.96. The van der Waals surface area contributed by atoms with Gasteiger partial charge in [-0.25, -0.2) is 4.98 Å². The number of nitrogens with zero attached hydrogens (tertiary/aromatic N) is 3. The summed E-state index contributed by atoms with van der Waals surface area (Å²) in [6, 6.07) is 0. The number of anilines is 1. The zero-order valence-electron chi connectivity index (χ0n) is 12.4. The highest BCUT2D eigenvalue weighted by molar-refractivity contribution is 5.87. The van der Waals surface area contributed by atoms with Crippen molar-refractivity contribution in [3.8, 4) is 0 Å². The van der Waals surface area contributed by atoms with Crippen molar-refractivity contribution in [1.82, 2.24) is 19.5 Å². The van der Waals surface area contributed by atoms with Crippen LogP contribution in [0.4, 0.5) is 5.95 Å². The Bertz CT molecular complexity index is 748. The number of aryl methyl sites for hydroxylation is 1. The van der Waals surface area contributed by atoms with Gasteiger partial charge in [-0.2, -0.15) is 4.98 Å². The van der Waals surface area contributed by atoms with Crippen molar-refractivity contribution >= 4 is 29.0 Å². The molecule has 0 aliphatic rings. The molecule has 1 amide bonds. The zero-order valence-corrected chi connectivity index (χ0v) is 12.4. The molecule has 2 rings (SSSR count). The second kappa shape index (κ2) is 6.83. The molecule has 9 nitrogen and oxygen atoms in total. The van der Waals surface area contributed by atoms with E-state index in [2.05, 4.69) is 20.3 Å². The van der Waals surface area contributed by atoms with Crippen LogP contribution in [0.15, 0.2) is 11.1 Å². The highest BCUT2D eigenvalue weighted by atomic mass is 16.5. The number of esters is 1. The molecule has 0 spiro atoms. The maximum absolute atomic E-state index is 11.9. The van der Waals surface area contributed by atoms with Gasteiger partial charge in [-0.3, -0.25) is 24.7 Å². The van der Waals surface area contributed by atoms with Gasteiger partial charge in [0.2, 0.25) is 11.9 Å². The first-order valence-electron chi connectivity index (χ1n) is 6.83.